The zero-order chi connectivity index (χ0) is 15.8. The Labute approximate surface area is 145 Å². The molecule has 1 fully saturated rings. The van der Waals surface area contributed by atoms with E-state index in [9.17, 15) is 0 Å². The first-order valence-electron chi connectivity index (χ1n) is 8.12. The standard InChI is InChI=1S/C19H20BrNO2/c1-12-2-3-13-4-6-17(16(13)8-12)23-18-7-5-14(20)9-19(18)22-15-10-21-11-15/h2-3,5,7-9,15,17,21H,4,6,10-11H2,1H3. The number of nitrogens with one attached hydrogen (secondary N) is 1. The van der Waals surface area contributed by atoms with Crippen molar-refractivity contribution in [3.8, 4) is 11.5 Å². The molecule has 0 radical (unpaired) electrons. The van der Waals surface area contributed by atoms with Gasteiger partial charge in [0.2, 0.25) is 0 Å². The topological polar surface area (TPSA) is 30.5 Å². The number of hydrogen-bond acceptors (Lipinski definition) is 3. The van der Waals surface area contributed by atoms with Gasteiger partial charge in [0.1, 0.15) is 12.2 Å². The molecule has 1 heterocycles. The van der Waals surface area contributed by atoms with E-state index < -0.39 is 0 Å². The monoisotopic (exact) mass is 373 g/mol. The molecular weight excluding hydrogens is 354 g/mol. The lowest BCUT2D eigenvalue weighted by atomic mass is 10.1. The molecule has 1 unspecified atom stereocenters. The summed E-state index contributed by atoms with van der Waals surface area (Å²) in [6.07, 6.45) is 2.47. The molecule has 1 aliphatic heterocycles. The molecule has 2 aromatic rings. The van der Waals surface area contributed by atoms with Crippen LogP contribution in [0.4, 0.5) is 0 Å². The van der Waals surface area contributed by atoms with Gasteiger partial charge in [0.15, 0.2) is 11.5 Å². The Hall–Kier alpha value is -1.52. The summed E-state index contributed by atoms with van der Waals surface area (Å²) in [4.78, 5) is 0. The second kappa shape index (κ2) is 6.17. The highest BCUT2D eigenvalue weighted by molar-refractivity contribution is 9.10. The molecule has 2 aromatic carbocycles. The van der Waals surface area contributed by atoms with Crippen LogP contribution in [-0.2, 0) is 6.42 Å². The summed E-state index contributed by atoms with van der Waals surface area (Å²) in [7, 11) is 0. The number of hydrogen-bond donors (Lipinski definition) is 1. The van der Waals surface area contributed by atoms with Crippen LogP contribution in [0.5, 0.6) is 11.5 Å². The highest BCUT2D eigenvalue weighted by Gasteiger charge is 2.26. The van der Waals surface area contributed by atoms with Gasteiger partial charge < -0.3 is 14.8 Å². The van der Waals surface area contributed by atoms with Crippen molar-refractivity contribution in [2.24, 2.45) is 0 Å². The van der Waals surface area contributed by atoms with Crippen molar-refractivity contribution in [2.75, 3.05) is 13.1 Å². The van der Waals surface area contributed by atoms with Crippen molar-refractivity contribution in [3.05, 3.63) is 57.6 Å². The van der Waals surface area contributed by atoms with E-state index >= 15 is 0 Å². The van der Waals surface area contributed by atoms with Crippen molar-refractivity contribution in [1.82, 2.24) is 5.32 Å². The SMILES string of the molecule is Cc1ccc2c(c1)C(Oc1ccc(Br)cc1OC1CNC1)CC2. The average molecular weight is 374 g/mol. The van der Waals surface area contributed by atoms with Crippen molar-refractivity contribution < 1.29 is 9.47 Å². The Morgan fingerprint density at radius 2 is 1.91 bits per heavy atom. The summed E-state index contributed by atoms with van der Waals surface area (Å²) in [5, 5.41) is 3.23. The molecule has 0 bridgehead atoms. The number of fused-ring (bicyclic) bond motifs is 1. The summed E-state index contributed by atoms with van der Waals surface area (Å²) >= 11 is 3.52. The van der Waals surface area contributed by atoms with Crippen molar-refractivity contribution in [3.63, 3.8) is 0 Å². The molecular formula is C19H20BrNO2. The largest absolute Gasteiger partial charge is 0.484 e. The Bertz CT molecular complexity index is 727. The quantitative estimate of drug-likeness (QED) is 0.871. The molecule has 3 nitrogen and oxygen atoms in total. The molecule has 1 N–H and O–H groups in total. The van der Waals surface area contributed by atoms with E-state index in [1.165, 1.54) is 16.7 Å². The van der Waals surface area contributed by atoms with Gasteiger partial charge in [0, 0.05) is 17.6 Å². The molecule has 2 aliphatic rings. The van der Waals surface area contributed by atoms with E-state index in [4.69, 9.17) is 9.47 Å². The molecule has 120 valence electrons. The third-order valence-electron chi connectivity index (χ3n) is 4.54. The van der Waals surface area contributed by atoms with Gasteiger partial charge in [-0.25, -0.2) is 0 Å². The summed E-state index contributed by atoms with van der Waals surface area (Å²) in [5.41, 5.74) is 4.01. The molecule has 0 amide bonds. The highest BCUT2D eigenvalue weighted by atomic mass is 79.9. The van der Waals surface area contributed by atoms with E-state index in [1.54, 1.807) is 0 Å². The molecule has 1 aliphatic carbocycles. The lowest BCUT2D eigenvalue weighted by Crippen LogP contribution is -2.50. The fraction of sp³-hybridized carbons (Fsp3) is 0.368. The minimum atomic E-state index is 0.118. The third kappa shape index (κ3) is 3.10. The molecule has 1 saturated heterocycles. The first-order chi connectivity index (χ1) is 11.2. The van der Waals surface area contributed by atoms with Crippen LogP contribution in [0.15, 0.2) is 40.9 Å². The van der Waals surface area contributed by atoms with E-state index in [-0.39, 0.29) is 12.2 Å². The maximum atomic E-state index is 6.35. The Balaban J connectivity index is 1.58. The molecule has 0 aromatic heterocycles. The van der Waals surface area contributed by atoms with Crippen LogP contribution in [0.3, 0.4) is 0 Å². The van der Waals surface area contributed by atoms with E-state index in [2.05, 4.69) is 46.4 Å². The molecule has 0 saturated carbocycles. The molecule has 23 heavy (non-hydrogen) atoms. The van der Waals surface area contributed by atoms with Gasteiger partial charge in [0.25, 0.3) is 0 Å². The van der Waals surface area contributed by atoms with Gasteiger partial charge in [-0.3, -0.25) is 0 Å². The van der Waals surface area contributed by atoms with Crippen LogP contribution in [0.2, 0.25) is 0 Å². The second-order valence-electron chi connectivity index (χ2n) is 6.34. The number of ether oxygens (including phenoxy) is 2. The minimum absolute atomic E-state index is 0.118. The number of aryl methyl sites for hydroxylation is 2. The van der Waals surface area contributed by atoms with Gasteiger partial charge in [0.05, 0.1) is 0 Å². The van der Waals surface area contributed by atoms with Crippen LogP contribution in [0, 0.1) is 6.92 Å². The van der Waals surface area contributed by atoms with Crippen molar-refractivity contribution in [2.45, 2.75) is 32.0 Å². The first kappa shape index (κ1) is 15.0. The van der Waals surface area contributed by atoms with Crippen LogP contribution < -0.4 is 14.8 Å². The van der Waals surface area contributed by atoms with Crippen LogP contribution in [0.1, 0.15) is 29.2 Å². The van der Waals surface area contributed by atoms with Crippen LogP contribution in [-0.4, -0.2) is 19.2 Å². The zero-order valence-electron chi connectivity index (χ0n) is 13.1. The lowest BCUT2D eigenvalue weighted by molar-refractivity contribution is 0.127. The zero-order valence-corrected chi connectivity index (χ0v) is 14.7. The fourth-order valence-corrected chi connectivity index (χ4v) is 3.50. The molecule has 4 rings (SSSR count). The van der Waals surface area contributed by atoms with E-state index in [0.717, 1.165) is 41.9 Å². The Kier molecular flexibility index (Phi) is 4.04. The van der Waals surface area contributed by atoms with E-state index in [1.807, 2.05) is 18.2 Å². The van der Waals surface area contributed by atoms with Gasteiger partial charge in [-0.15, -0.1) is 0 Å². The Morgan fingerprint density at radius 1 is 1.04 bits per heavy atom. The third-order valence-corrected chi connectivity index (χ3v) is 5.03. The van der Waals surface area contributed by atoms with E-state index in [0.29, 0.717) is 0 Å². The lowest BCUT2D eigenvalue weighted by Gasteiger charge is -2.29. The van der Waals surface area contributed by atoms with Gasteiger partial charge in [-0.1, -0.05) is 39.7 Å². The Morgan fingerprint density at radius 3 is 2.70 bits per heavy atom. The molecule has 4 heteroatoms. The maximum Gasteiger partial charge on any atom is 0.162 e. The number of halogens is 1. The van der Waals surface area contributed by atoms with Crippen LogP contribution >= 0.6 is 15.9 Å². The van der Waals surface area contributed by atoms with Gasteiger partial charge in [-0.2, -0.15) is 0 Å². The number of benzene rings is 2. The summed E-state index contributed by atoms with van der Waals surface area (Å²) in [5.74, 6) is 1.66. The van der Waals surface area contributed by atoms with Crippen molar-refractivity contribution in [1.29, 1.82) is 0 Å². The predicted molar refractivity (Wildman–Crippen MR) is 94.3 cm³/mol. The maximum absolute atomic E-state index is 6.35. The molecule has 1 atom stereocenters. The highest BCUT2D eigenvalue weighted by Crippen LogP contribution is 2.40. The van der Waals surface area contributed by atoms with Crippen molar-refractivity contribution >= 4 is 15.9 Å². The van der Waals surface area contributed by atoms with Gasteiger partial charge >= 0.3 is 0 Å². The fourth-order valence-electron chi connectivity index (χ4n) is 3.16. The normalized spacial score (nSPS) is 20.0. The molecule has 0 spiro atoms. The summed E-state index contributed by atoms with van der Waals surface area (Å²) in [6, 6.07) is 12.7. The summed E-state index contributed by atoms with van der Waals surface area (Å²) < 4.78 is 13.4. The first-order valence-corrected chi connectivity index (χ1v) is 8.91. The predicted octanol–water partition coefficient (Wildman–Crippen LogP) is 4.17. The average Bonchev–Trinajstić information content (AvgIpc) is 2.88. The second-order valence-corrected chi connectivity index (χ2v) is 7.25. The van der Waals surface area contributed by atoms with Gasteiger partial charge in [-0.05, 0) is 49.1 Å². The van der Waals surface area contributed by atoms with Crippen LogP contribution in [0.25, 0.3) is 0 Å². The number of rotatable bonds is 4. The minimum Gasteiger partial charge on any atom is -0.484 e. The summed E-state index contributed by atoms with van der Waals surface area (Å²) in [6.45, 7) is 3.93. The smallest absolute Gasteiger partial charge is 0.162 e.